The number of fused-ring (bicyclic) bond motifs is 1. The van der Waals surface area contributed by atoms with Crippen LogP contribution in [-0.4, -0.2) is 35.5 Å². The Morgan fingerprint density at radius 1 is 1.22 bits per heavy atom. The number of aryl methyl sites for hydroxylation is 1. The fourth-order valence-electron chi connectivity index (χ4n) is 3.48. The van der Waals surface area contributed by atoms with Gasteiger partial charge in [0.05, 0.1) is 6.10 Å². The van der Waals surface area contributed by atoms with Gasteiger partial charge in [-0.05, 0) is 54.2 Å². The molecule has 1 aliphatic carbocycles. The van der Waals surface area contributed by atoms with Gasteiger partial charge in [0.2, 0.25) is 0 Å². The molecule has 0 radical (unpaired) electrons. The van der Waals surface area contributed by atoms with Crippen molar-refractivity contribution in [3.8, 4) is 23.8 Å². The minimum atomic E-state index is -0.504. The van der Waals surface area contributed by atoms with Crippen LogP contribution in [0.15, 0.2) is 42.5 Å². The molecular formula is C22H26ClNO3. The molecule has 5 heteroatoms. The maximum absolute atomic E-state index is 10.4. The van der Waals surface area contributed by atoms with Gasteiger partial charge in [0, 0.05) is 19.0 Å². The number of aliphatic hydroxyl groups is 1. The van der Waals surface area contributed by atoms with Gasteiger partial charge in [-0.15, -0.1) is 18.8 Å². The van der Waals surface area contributed by atoms with Crippen molar-refractivity contribution < 1.29 is 14.9 Å². The van der Waals surface area contributed by atoms with Crippen molar-refractivity contribution in [1.29, 1.82) is 0 Å². The predicted molar refractivity (Wildman–Crippen MR) is 110 cm³/mol. The third-order valence-corrected chi connectivity index (χ3v) is 4.80. The lowest BCUT2D eigenvalue weighted by atomic mass is 9.88. The minimum absolute atomic E-state index is 0. The lowest BCUT2D eigenvalue weighted by Crippen LogP contribution is -2.39. The number of phenolic OH excluding ortho intramolecular Hbond substituents is 1. The third kappa shape index (κ3) is 5.90. The summed E-state index contributed by atoms with van der Waals surface area (Å²) in [6.45, 7) is 0.738. The van der Waals surface area contributed by atoms with Crippen molar-refractivity contribution in [3.63, 3.8) is 0 Å². The lowest BCUT2D eigenvalue weighted by molar-refractivity contribution is 0.164. The highest BCUT2D eigenvalue weighted by atomic mass is 35.5. The number of ether oxygens (including phenoxy) is 1. The molecule has 4 nitrogen and oxygen atoms in total. The van der Waals surface area contributed by atoms with Crippen molar-refractivity contribution in [2.75, 3.05) is 13.2 Å². The summed E-state index contributed by atoms with van der Waals surface area (Å²) in [7, 11) is 0. The fraction of sp³-hybridized carbons (Fsp3) is 0.364. The molecule has 144 valence electrons. The van der Waals surface area contributed by atoms with Crippen LogP contribution in [0.2, 0.25) is 0 Å². The van der Waals surface area contributed by atoms with E-state index in [1.165, 1.54) is 11.1 Å². The van der Waals surface area contributed by atoms with Crippen molar-refractivity contribution in [2.24, 2.45) is 0 Å². The van der Waals surface area contributed by atoms with Crippen LogP contribution < -0.4 is 10.1 Å². The first-order valence-electron chi connectivity index (χ1n) is 9.02. The molecule has 27 heavy (non-hydrogen) atoms. The van der Waals surface area contributed by atoms with Crippen LogP contribution in [0.1, 0.15) is 23.1 Å². The van der Waals surface area contributed by atoms with Gasteiger partial charge in [-0.3, -0.25) is 0 Å². The van der Waals surface area contributed by atoms with Crippen molar-refractivity contribution in [3.05, 3.63) is 59.2 Å². The first-order valence-corrected chi connectivity index (χ1v) is 9.02. The molecule has 0 fully saturated rings. The summed E-state index contributed by atoms with van der Waals surface area (Å²) >= 11 is 0. The quantitative estimate of drug-likeness (QED) is 0.639. The number of halogens is 1. The standard InChI is InChI=1S/C22H25NO3.ClH/c1-2-11-26-22-6-4-3-5-17(22)13-21(25)15-23-19-9-7-16-8-10-20(24)14-18(16)12-19;/h1,3-6,8,10,14,19,21,23-25H,7,9,11-13,15H2;1H. The summed E-state index contributed by atoms with van der Waals surface area (Å²) in [6.07, 6.45) is 8.16. The van der Waals surface area contributed by atoms with E-state index >= 15 is 0 Å². The van der Waals surface area contributed by atoms with E-state index in [4.69, 9.17) is 11.2 Å². The Balaban J connectivity index is 0.00000261. The van der Waals surface area contributed by atoms with Crippen LogP contribution >= 0.6 is 12.4 Å². The number of hydrogen-bond acceptors (Lipinski definition) is 4. The lowest BCUT2D eigenvalue weighted by Gasteiger charge is -2.27. The Morgan fingerprint density at radius 2 is 2.04 bits per heavy atom. The fourth-order valence-corrected chi connectivity index (χ4v) is 3.48. The molecule has 2 atom stereocenters. The van der Waals surface area contributed by atoms with E-state index in [2.05, 4.69) is 11.2 Å². The smallest absolute Gasteiger partial charge is 0.148 e. The van der Waals surface area contributed by atoms with Gasteiger partial charge in [-0.2, -0.15) is 0 Å². The summed E-state index contributed by atoms with van der Waals surface area (Å²) < 4.78 is 5.54. The van der Waals surface area contributed by atoms with Gasteiger partial charge in [0.25, 0.3) is 0 Å². The Bertz CT molecular complexity index is 787. The van der Waals surface area contributed by atoms with E-state index < -0.39 is 6.10 Å². The molecule has 0 spiro atoms. The number of terminal acetylenes is 1. The number of benzene rings is 2. The Hall–Kier alpha value is -2.19. The molecule has 0 aliphatic heterocycles. The number of aromatic hydroxyl groups is 1. The minimum Gasteiger partial charge on any atom is -0.508 e. The monoisotopic (exact) mass is 387 g/mol. The van der Waals surface area contributed by atoms with Gasteiger partial charge in [-0.25, -0.2) is 0 Å². The second kappa shape index (κ2) is 10.2. The molecule has 0 amide bonds. The summed E-state index contributed by atoms with van der Waals surface area (Å²) in [5.41, 5.74) is 3.45. The van der Waals surface area contributed by atoms with Crippen LogP contribution in [0.25, 0.3) is 0 Å². The number of hydrogen-bond donors (Lipinski definition) is 3. The molecule has 0 saturated heterocycles. The van der Waals surface area contributed by atoms with Crippen LogP contribution in [-0.2, 0) is 19.3 Å². The molecular weight excluding hydrogens is 362 g/mol. The van der Waals surface area contributed by atoms with E-state index in [-0.39, 0.29) is 19.0 Å². The molecule has 1 aliphatic rings. The number of phenols is 1. The molecule has 3 rings (SSSR count). The largest absolute Gasteiger partial charge is 0.508 e. The van der Waals surface area contributed by atoms with E-state index in [1.54, 1.807) is 6.07 Å². The van der Waals surface area contributed by atoms with Gasteiger partial charge in [-0.1, -0.05) is 30.2 Å². The Kier molecular flexibility index (Phi) is 7.99. The first-order chi connectivity index (χ1) is 12.7. The SMILES string of the molecule is C#CCOc1ccccc1CC(O)CNC1CCc2ccc(O)cc2C1.Cl. The Labute approximate surface area is 167 Å². The molecule has 0 heterocycles. The van der Waals surface area contributed by atoms with Crippen molar-refractivity contribution in [1.82, 2.24) is 5.32 Å². The van der Waals surface area contributed by atoms with Crippen molar-refractivity contribution in [2.45, 2.75) is 37.8 Å². The zero-order chi connectivity index (χ0) is 18.4. The predicted octanol–water partition coefficient (Wildman–Crippen LogP) is 2.88. The van der Waals surface area contributed by atoms with Gasteiger partial charge in [0.1, 0.15) is 18.1 Å². The summed E-state index contributed by atoms with van der Waals surface area (Å²) in [6, 6.07) is 13.6. The van der Waals surface area contributed by atoms with Crippen LogP contribution in [0.5, 0.6) is 11.5 Å². The summed E-state index contributed by atoms with van der Waals surface area (Å²) in [5, 5.41) is 23.5. The van der Waals surface area contributed by atoms with Gasteiger partial charge < -0.3 is 20.3 Å². The zero-order valence-electron chi connectivity index (χ0n) is 15.2. The number of nitrogens with one attached hydrogen (secondary N) is 1. The summed E-state index contributed by atoms with van der Waals surface area (Å²) in [4.78, 5) is 0. The molecule has 2 aromatic rings. The summed E-state index contributed by atoms with van der Waals surface area (Å²) in [5.74, 6) is 3.50. The average molecular weight is 388 g/mol. The second-order valence-electron chi connectivity index (χ2n) is 6.76. The Morgan fingerprint density at radius 3 is 2.85 bits per heavy atom. The van der Waals surface area contributed by atoms with E-state index in [0.717, 1.165) is 30.6 Å². The number of para-hydroxylation sites is 1. The molecule has 3 N–H and O–H groups in total. The van der Waals surface area contributed by atoms with Crippen LogP contribution in [0.3, 0.4) is 0 Å². The van der Waals surface area contributed by atoms with E-state index in [1.807, 2.05) is 36.4 Å². The van der Waals surface area contributed by atoms with Crippen molar-refractivity contribution >= 4 is 12.4 Å². The third-order valence-electron chi connectivity index (χ3n) is 4.80. The number of aliphatic hydroxyl groups excluding tert-OH is 1. The topological polar surface area (TPSA) is 61.7 Å². The highest BCUT2D eigenvalue weighted by Gasteiger charge is 2.20. The molecule has 0 saturated carbocycles. The van der Waals surface area contributed by atoms with Crippen LogP contribution in [0.4, 0.5) is 0 Å². The first kappa shape index (κ1) is 21.1. The molecule has 2 unspecified atom stereocenters. The average Bonchev–Trinajstić information content (AvgIpc) is 2.65. The van der Waals surface area contributed by atoms with Crippen LogP contribution in [0, 0.1) is 12.3 Å². The highest BCUT2D eigenvalue weighted by Crippen LogP contribution is 2.25. The maximum atomic E-state index is 10.4. The zero-order valence-corrected chi connectivity index (χ0v) is 16.0. The molecule has 2 aromatic carbocycles. The number of rotatable bonds is 7. The van der Waals surface area contributed by atoms with E-state index in [9.17, 15) is 10.2 Å². The maximum Gasteiger partial charge on any atom is 0.148 e. The highest BCUT2D eigenvalue weighted by molar-refractivity contribution is 5.85. The van der Waals surface area contributed by atoms with Gasteiger partial charge >= 0.3 is 0 Å². The molecule has 0 bridgehead atoms. The molecule has 0 aromatic heterocycles. The van der Waals surface area contributed by atoms with E-state index in [0.29, 0.717) is 24.8 Å². The van der Waals surface area contributed by atoms with Gasteiger partial charge in [0.15, 0.2) is 0 Å². The second-order valence-corrected chi connectivity index (χ2v) is 6.76. The normalized spacial score (nSPS) is 16.5.